The van der Waals surface area contributed by atoms with Gasteiger partial charge in [-0.25, -0.2) is 0 Å². The number of amides is 1. The highest BCUT2D eigenvalue weighted by molar-refractivity contribution is 5.92. The maximum Gasteiger partial charge on any atom is 0.273 e. The van der Waals surface area contributed by atoms with E-state index in [1.54, 1.807) is 12.3 Å². The predicted molar refractivity (Wildman–Crippen MR) is 73.8 cm³/mol. The normalized spacial score (nSPS) is 14.3. The summed E-state index contributed by atoms with van der Waals surface area (Å²) in [5.41, 5.74) is 0.355. The van der Waals surface area contributed by atoms with Gasteiger partial charge >= 0.3 is 0 Å². The first kappa shape index (κ1) is 13.9. The molecular weight excluding hydrogens is 272 g/mol. The molecule has 0 unspecified atom stereocenters. The van der Waals surface area contributed by atoms with Crippen molar-refractivity contribution in [2.24, 2.45) is 0 Å². The molecule has 21 heavy (non-hydrogen) atoms. The fourth-order valence-corrected chi connectivity index (χ4v) is 1.99. The molecular formula is C15H18N2O4. The standard InChI is InChI=1S/C15H18N2O4/c18-15(13-9-14(21-17-13)11-4-5-11)16-6-2-7-19-10-12-3-1-8-20-12/h1,3,8-9,11H,2,4-7,10H2,(H,16,18). The van der Waals surface area contributed by atoms with Crippen LogP contribution >= 0.6 is 0 Å². The third-order valence-electron chi connectivity index (χ3n) is 3.32. The Morgan fingerprint density at radius 1 is 1.48 bits per heavy atom. The van der Waals surface area contributed by atoms with Crippen LogP contribution in [0.3, 0.4) is 0 Å². The van der Waals surface area contributed by atoms with Gasteiger partial charge in [-0.1, -0.05) is 5.16 Å². The third kappa shape index (κ3) is 3.95. The largest absolute Gasteiger partial charge is 0.467 e. The highest BCUT2D eigenvalue weighted by atomic mass is 16.5. The molecule has 0 aromatic carbocycles. The fraction of sp³-hybridized carbons (Fsp3) is 0.467. The Bertz CT molecular complexity index is 572. The molecule has 0 bridgehead atoms. The van der Waals surface area contributed by atoms with E-state index in [0.717, 1.165) is 30.8 Å². The molecule has 2 aromatic heterocycles. The van der Waals surface area contributed by atoms with Crippen LogP contribution < -0.4 is 5.32 Å². The minimum atomic E-state index is -0.198. The van der Waals surface area contributed by atoms with Crippen LogP contribution in [-0.2, 0) is 11.3 Å². The van der Waals surface area contributed by atoms with E-state index in [-0.39, 0.29) is 5.91 Å². The van der Waals surface area contributed by atoms with Crippen molar-refractivity contribution >= 4 is 5.91 Å². The molecule has 3 rings (SSSR count). The minimum absolute atomic E-state index is 0.198. The number of rotatable bonds is 8. The van der Waals surface area contributed by atoms with Crippen LogP contribution in [0, 0.1) is 0 Å². The maximum atomic E-state index is 11.8. The molecule has 2 aromatic rings. The topological polar surface area (TPSA) is 77.5 Å². The van der Waals surface area contributed by atoms with Gasteiger partial charge in [0.2, 0.25) is 0 Å². The molecule has 112 valence electrons. The summed E-state index contributed by atoms with van der Waals surface area (Å²) in [6.45, 7) is 1.56. The van der Waals surface area contributed by atoms with Gasteiger partial charge in [0, 0.05) is 25.1 Å². The smallest absolute Gasteiger partial charge is 0.273 e. The second-order valence-corrected chi connectivity index (χ2v) is 5.13. The Morgan fingerprint density at radius 2 is 2.38 bits per heavy atom. The fourth-order valence-electron chi connectivity index (χ4n) is 1.99. The minimum Gasteiger partial charge on any atom is -0.467 e. The molecule has 6 heteroatoms. The van der Waals surface area contributed by atoms with Gasteiger partial charge in [0.05, 0.1) is 6.26 Å². The van der Waals surface area contributed by atoms with Gasteiger partial charge in [-0.3, -0.25) is 4.79 Å². The number of hydrogen-bond acceptors (Lipinski definition) is 5. The molecule has 0 spiro atoms. The number of hydrogen-bond donors (Lipinski definition) is 1. The monoisotopic (exact) mass is 290 g/mol. The van der Waals surface area contributed by atoms with Gasteiger partial charge in [0.15, 0.2) is 5.69 Å². The van der Waals surface area contributed by atoms with E-state index in [4.69, 9.17) is 13.7 Å². The van der Waals surface area contributed by atoms with Gasteiger partial charge in [-0.15, -0.1) is 0 Å². The van der Waals surface area contributed by atoms with E-state index < -0.39 is 0 Å². The third-order valence-corrected chi connectivity index (χ3v) is 3.32. The number of carbonyl (C=O) groups is 1. The molecule has 0 radical (unpaired) electrons. The number of ether oxygens (including phenoxy) is 1. The van der Waals surface area contributed by atoms with Gasteiger partial charge in [0.1, 0.15) is 18.1 Å². The molecule has 0 atom stereocenters. The van der Waals surface area contributed by atoms with Crippen molar-refractivity contribution in [3.8, 4) is 0 Å². The molecule has 1 fully saturated rings. The summed E-state index contributed by atoms with van der Waals surface area (Å²) >= 11 is 0. The second-order valence-electron chi connectivity index (χ2n) is 5.13. The van der Waals surface area contributed by atoms with Crippen LogP contribution in [0.5, 0.6) is 0 Å². The quantitative estimate of drug-likeness (QED) is 0.756. The van der Waals surface area contributed by atoms with Crippen LogP contribution in [0.1, 0.15) is 47.2 Å². The van der Waals surface area contributed by atoms with E-state index in [1.165, 1.54) is 0 Å². The summed E-state index contributed by atoms with van der Waals surface area (Å²) in [6.07, 6.45) is 4.61. The maximum absolute atomic E-state index is 11.8. The number of aromatic nitrogens is 1. The molecule has 1 saturated carbocycles. The van der Waals surface area contributed by atoms with Gasteiger partial charge in [-0.2, -0.15) is 0 Å². The Labute approximate surface area is 122 Å². The zero-order chi connectivity index (χ0) is 14.5. The van der Waals surface area contributed by atoms with Crippen molar-refractivity contribution in [2.75, 3.05) is 13.2 Å². The van der Waals surface area contributed by atoms with Crippen LogP contribution in [0.25, 0.3) is 0 Å². The van der Waals surface area contributed by atoms with Crippen LogP contribution in [0.15, 0.2) is 33.4 Å². The molecule has 1 aliphatic rings. The van der Waals surface area contributed by atoms with Crippen molar-refractivity contribution in [3.63, 3.8) is 0 Å². The Balaban J connectivity index is 1.30. The lowest BCUT2D eigenvalue weighted by Gasteiger charge is -2.03. The highest BCUT2D eigenvalue weighted by Gasteiger charge is 2.28. The zero-order valence-corrected chi connectivity index (χ0v) is 11.7. The summed E-state index contributed by atoms with van der Waals surface area (Å²) in [6, 6.07) is 5.43. The molecule has 1 amide bonds. The highest BCUT2D eigenvalue weighted by Crippen LogP contribution is 2.40. The van der Waals surface area contributed by atoms with Crippen molar-refractivity contribution in [1.82, 2.24) is 10.5 Å². The average Bonchev–Trinajstić information content (AvgIpc) is 3.02. The lowest BCUT2D eigenvalue weighted by Crippen LogP contribution is -2.25. The van der Waals surface area contributed by atoms with Crippen molar-refractivity contribution in [2.45, 2.75) is 31.8 Å². The Kier molecular flexibility index (Phi) is 4.35. The predicted octanol–water partition coefficient (Wildman–Crippen LogP) is 2.48. The van der Waals surface area contributed by atoms with Gasteiger partial charge in [-0.05, 0) is 31.4 Å². The first-order valence-electron chi connectivity index (χ1n) is 7.18. The molecule has 1 N–H and O–H groups in total. The van der Waals surface area contributed by atoms with E-state index in [1.807, 2.05) is 12.1 Å². The summed E-state index contributed by atoms with van der Waals surface area (Å²) < 4.78 is 15.7. The van der Waals surface area contributed by atoms with Crippen molar-refractivity contribution < 1.29 is 18.5 Å². The van der Waals surface area contributed by atoms with Crippen LogP contribution in [0.2, 0.25) is 0 Å². The number of furan rings is 1. The van der Waals surface area contributed by atoms with E-state index in [9.17, 15) is 4.79 Å². The Morgan fingerprint density at radius 3 is 3.14 bits per heavy atom. The zero-order valence-electron chi connectivity index (χ0n) is 11.7. The summed E-state index contributed by atoms with van der Waals surface area (Å²) in [4.78, 5) is 11.8. The van der Waals surface area contributed by atoms with Gasteiger partial charge in [0.25, 0.3) is 5.91 Å². The van der Waals surface area contributed by atoms with Crippen LogP contribution in [0.4, 0.5) is 0 Å². The van der Waals surface area contributed by atoms with E-state index >= 15 is 0 Å². The summed E-state index contributed by atoms with van der Waals surface area (Å²) in [7, 11) is 0. The number of carbonyl (C=O) groups excluding carboxylic acids is 1. The lowest BCUT2D eigenvalue weighted by atomic mass is 10.3. The van der Waals surface area contributed by atoms with Crippen molar-refractivity contribution in [3.05, 3.63) is 41.7 Å². The van der Waals surface area contributed by atoms with Crippen LogP contribution in [-0.4, -0.2) is 24.2 Å². The number of nitrogens with zero attached hydrogens (tertiary/aromatic N) is 1. The van der Waals surface area contributed by atoms with Crippen molar-refractivity contribution in [1.29, 1.82) is 0 Å². The second kappa shape index (κ2) is 6.58. The first-order chi connectivity index (χ1) is 10.3. The van der Waals surface area contributed by atoms with Gasteiger partial charge < -0.3 is 19.0 Å². The average molecular weight is 290 g/mol. The molecule has 2 heterocycles. The SMILES string of the molecule is O=C(NCCCOCc1ccco1)c1cc(C2CC2)on1. The lowest BCUT2D eigenvalue weighted by molar-refractivity contribution is 0.0909. The molecule has 0 saturated heterocycles. The summed E-state index contributed by atoms with van der Waals surface area (Å²) in [5.74, 6) is 1.89. The number of nitrogens with one attached hydrogen (secondary N) is 1. The molecule has 0 aliphatic heterocycles. The molecule has 6 nitrogen and oxygen atoms in total. The Hall–Kier alpha value is -2.08. The first-order valence-corrected chi connectivity index (χ1v) is 7.18. The molecule has 1 aliphatic carbocycles. The van der Waals surface area contributed by atoms with E-state index in [2.05, 4.69) is 10.5 Å². The summed E-state index contributed by atoms with van der Waals surface area (Å²) in [5, 5.41) is 6.60. The van der Waals surface area contributed by atoms with E-state index in [0.29, 0.717) is 31.4 Å².